The first-order valence-electron chi connectivity index (χ1n) is 10.6. The normalized spacial score (nSPS) is 31.4. The summed E-state index contributed by atoms with van der Waals surface area (Å²) < 4.78 is 5.21. The Labute approximate surface area is 175 Å². The highest BCUT2D eigenvalue weighted by atomic mass is 16.6. The van der Waals surface area contributed by atoms with Crippen LogP contribution in [0.5, 0.6) is 5.75 Å². The second kappa shape index (κ2) is 6.83. The van der Waals surface area contributed by atoms with Gasteiger partial charge < -0.3 is 10.1 Å². The molecule has 4 aliphatic carbocycles. The zero-order valence-electron chi connectivity index (χ0n) is 17.1. The maximum atomic E-state index is 13.5. The monoisotopic (exact) mass is 406 g/mol. The number of carbonyl (C=O) groups excluding carboxylic acids is 1. The highest BCUT2D eigenvalue weighted by molar-refractivity contribution is 5.96. The van der Waals surface area contributed by atoms with Crippen LogP contribution in [0.15, 0.2) is 48.5 Å². The quantitative estimate of drug-likeness (QED) is 0.554. The molecule has 0 radical (unpaired) electrons. The minimum absolute atomic E-state index is 0.0452. The molecule has 6 heteroatoms. The number of methoxy groups -OCH3 is 1. The molecule has 2 unspecified atom stereocenters. The van der Waals surface area contributed by atoms with Gasteiger partial charge in [-0.15, -0.1) is 0 Å². The summed E-state index contributed by atoms with van der Waals surface area (Å²) in [4.78, 5) is 24.2. The van der Waals surface area contributed by atoms with E-state index in [1.807, 2.05) is 36.4 Å². The average Bonchev–Trinajstić information content (AvgIpc) is 2.73. The van der Waals surface area contributed by atoms with Crippen molar-refractivity contribution in [3.63, 3.8) is 0 Å². The molecule has 0 heterocycles. The van der Waals surface area contributed by atoms with E-state index in [-0.39, 0.29) is 27.3 Å². The Bertz CT molecular complexity index is 969. The molecular formula is C24H26N2O4. The van der Waals surface area contributed by atoms with Gasteiger partial charge in [-0.1, -0.05) is 12.1 Å². The number of nitrogens with one attached hydrogen (secondary N) is 1. The zero-order valence-corrected chi connectivity index (χ0v) is 17.1. The van der Waals surface area contributed by atoms with E-state index in [4.69, 9.17) is 4.74 Å². The van der Waals surface area contributed by atoms with E-state index in [0.717, 1.165) is 49.1 Å². The molecule has 0 aromatic heterocycles. The second-order valence-electron chi connectivity index (χ2n) is 9.51. The van der Waals surface area contributed by atoms with Crippen molar-refractivity contribution in [2.45, 2.75) is 43.9 Å². The number of nitrogens with zero attached hydrogens (tertiary/aromatic N) is 1. The largest absolute Gasteiger partial charge is 0.497 e. The van der Waals surface area contributed by atoms with E-state index in [0.29, 0.717) is 11.8 Å². The lowest BCUT2D eigenvalue weighted by atomic mass is 9.42. The minimum atomic E-state index is -0.355. The predicted octanol–water partition coefficient (Wildman–Crippen LogP) is 5.08. The molecule has 2 aromatic carbocycles. The van der Waals surface area contributed by atoms with Crippen LogP contribution < -0.4 is 10.1 Å². The van der Waals surface area contributed by atoms with Gasteiger partial charge in [0.15, 0.2) is 0 Å². The van der Waals surface area contributed by atoms with Crippen LogP contribution in [0.25, 0.3) is 0 Å². The number of nitro benzene ring substituents is 1. The fraction of sp³-hybridized carbons (Fsp3) is 0.458. The molecule has 4 saturated carbocycles. The SMILES string of the molecule is COc1ccc(NC(=O)C23CC4CC(C2)CC(c2ccc([N+](=O)[O-])cc2)(C4)C3)cc1. The summed E-state index contributed by atoms with van der Waals surface area (Å²) in [5, 5.41) is 14.2. The number of hydrogen-bond donors (Lipinski definition) is 1. The molecule has 0 saturated heterocycles. The minimum Gasteiger partial charge on any atom is -0.497 e. The standard InChI is InChI=1S/C24H26N2O4/c1-30-21-8-4-19(5-9-21)25-22(27)24-13-16-10-17(14-24)12-23(11-16,15-24)18-2-6-20(7-3-18)26(28)29/h2-9,16-17H,10-15H2,1H3,(H,25,27). The van der Waals surface area contributed by atoms with Crippen LogP contribution in [0.3, 0.4) is 0 Å². The van der Waals surface area contributed by atoms with Crippen LogP contribution in [0.1, 0.15) is 44.1 Å². The van der Waals surface area contributed by atoms with Crippen molar-refractivity contribution in [2.75, 3.05) is 12.4 Å². The molecule has 4 bridgehead atoms. The first-order chi connectivity index (χ1) is 14.4. The second-order valence-corrected chi connectivity index (χ2v) is 9.51. The number of carbonyl (C=O) groups is 1. The molecule has 2 aromatic rings. The van der Waals surface area contributed by atoms with Crippen molar-refractivity contribution in [3.8, 4) is 5.75 Å². The van der Waals surface area contributed by atoms with Gasteiger partial charge in [0.1, 0.15) is 5.75 Å². The van der Waals surface area contributed by atoms with Gasteiger partial charge in [-0.2, -0.15) is 0 Å². The van der Waals surface area contributed by atoms with E-state index in [1.165, 1.54) is 6.42 Å². The smallest absolute Gasteiger partial charge is 0.269 e. The zero-order chi connectivity index (χ0) is 20.9. The van der Waals surface area contributed by atoms with E-state index < -0.39 is 0 Å². The van der Waals surface area contributed by atoms with Crippen molar-refractivity contribution < 1.29 is 14.5 Å². The predicted molar refractivity (Wildman–Crippen MR) is 114 cm³/mol. The molecule has 1 amide bonds. The van der Waals surface area contributed by atoms with Gasteiger partial charge in [0.05, 0.1) is 17.4 Å². The van der Waals surface area contributed by atoms with Crippen LogP contribution in [-0.4, -0.2) is 17.9 Å². The van der Waals surface area contributed by atoms with E-state index in [9.17, 15) is 14.9 Å². The number of non-ortho nitro benzene ring substituents is 1. The van der Waals surface area contributed by atoms with Crippen molar-refractivity contribution in [1.82, 2.24) is 0 Å². The number of anilines is 1. The van der Waals surface area contributed by atoms with Crippen molar-refractivity contribution in [2.24, 2.45) is 17.3 Å². The molecule has 156 valence electrons. The Morgan fingerprint density at radius 1 is 1.03 bits per heavy atom. The summed E-state index contributed by atoms with van der Waals surface area (Å²) in [6.45, 7) is 0. The van der Waals surface area contributed by atoms with Crippen molar-refractivity contribution in [3.05, 3.63) is 64.2 Å². The summed E-state index contributed by atoms with van der Waals surface area (Å²) in [7, 11) is 1.63. The molecule has 0 spiro atoms. The van der Waals surface area contributed by atoms with E-state index >= 15 is 0 Å². The maximum absolute atomic E-state index is 13.5. The Balaban J connectivity index is 1.43. The van der Waals surface area contributed by atoms with Gasteiger partial charge in [-0.05, 0) is 85.6 Å². The van der Waals surface area contributed by atoms with Gasteiger partial charge in [-0.25, -0.2) is 0 Å². The lowest BCUT2D eigenvalue weighted by Crippen LogP contribution is -2.57. The molecule has 1 N–H and O–H groups in total. The van der Waals surface area contributed by atoms with Crippen LogP contribution in [0, 0.1) is 27.4 Å². The average molecular weight is 406 g/mol. The Hall–Kier alpha value is -2.89. The van der Waals surface area contributed by atoms with Gasteiger partial charge in [0.2, 0.25) is 5.91 Å². The third-order valence-corrected chi connectivity index (χ3v) is 7.58. The number of rotatable bonds is 5. The number of benzene rings is 2. The summed E-state index contributed by atoms with van der Waals surface area (Å²) in [5.74, 6) is 1.97. The van der Waals surface area contributed by atoms with Crippen molar-refractivity contribution >= 4 is 17.3 Å². The summed E-state index contributed by atoms with van der Waals surface area (Å²) in [5.41, 5.74) is 1.67. The lowest BCUT2D eigenvalue weighted by molar-refractivity contribution is -0.384. The fourth-order valence-corrected chi connectivity index (χ4v) is 6.74. The highest BCUT2D eigenvalue weighted by Crippen LogP contribution is 2.66. The number of amides is 1. The summed E-state index contributed by atoms with van der Waals surface area (Å²) >= 11 is 0. The first kappa shape index (κ1) is 19.1. The number of nitro groups is 1. The molecular weight excluding hydrogens is 380 g/mol. The topological polar surface area (TPSA) is 81.5 Å². The molecule has 0 aliphatic heterocycles. The van der Waals surface area contributed by atoms with Gasteiger partial charge in [0, 0.05) is 17.8 Å². The van der Waals surface area contributed by atoms with Crippen molar-refractivity contribution in [1.29, 1.82) is 0 Å². The van der Waals surface area contributed by atoms with Gasteiger partial charge in [-0.3, -0.25) is 14.9 Å². The number of ether oxygens (including phenoxy) is 1. The Kier molecular flexibility index (Phi) is 4.34. The van der Waals surface area contributed by atoms with Gasteiger partial charge >= 0.3 is 0 Å². The van der Waals surface area contributed by atoms with E-state index in [1.54, 1.807) is 19.2 Å². The summed E-state index contributed by atoms with van der Waals surface area (Å²) in [6.07, 6.45) is 6.08. The number of hydrogen-bond acceptors (Lipinski definition) is 4. The van der Waals surface area contributed by atoms with Crippen LogP contribution in [-0.2, 0) is 10.2 Å². The Morgan fingerprint density at radius 2 is 1.67 bits per heavy atom. The summed E-state index contributed by atoms with van der Waals surface area (Å²) in [6, 6.07) is 14.5. The van der Waals surface area contributed by atoms with Crippen LogP contribution in [0.4, 0.5) is 11.4 Å². The van der Waals surface area contributed by atoms with Gasteiger partial charge in [0.25, 0.3) is 5.69 Å². The molecule has 4 fully saturated rings. The van der Waals surface area contributed by atoms with E-state index in [2.05, 4.69) is 5.32 Å². The third kappa shape index (κ3) is 3.06. The fourth-order valence-electron chi connectivity index (χ4n) is 6.74. The third-order valence-electron chi connectivity index (χ3n) is 7.58. The Morgan fingerprint density at radius 3 is 2.23 bits per heavy atom. The first-order valence-corrected chi connectivity index (χ1v) is 10.6. The molecule has 4 aliphatic rings. The van der Waals surface area contributed by atoms with Crippen LogP contribution in [0.2, 0.25) is 0 Å². The lowest BCUT2D eigenvalue weighted by Gasteiger charge is -2.61. The highest BCUT2D eigenvalue weighted by Gasteiger charge is 2.60. The molecule has 6 nitrogen and oxygen atoms in total. The molecule has 6 rings (SSSR count). The maximum Gasteiger partial charge on any atom is 0.269 e. The molecule has 30 heavy (non-hydrogen) atoms. The van der Waals surface area contributed by atoms with Crippen LogP contribution >= 0.6 is 0 Å². The molecule has 2 atom stereocenters.